The van der Waals surface area contributed by atoms with Crippen LogP contribution in [0.5, 0.6) is 0 Å². The van der Waals surface area contributed by atoms with Crippen molar-refractivity contribution in [2.24, 2.45) is 7.05 Å². The van der Waals surface area contributed by atoms with E-state index in [-0.39, 0.29) is 17.2 Å². The van der Waals surface area contributed by atoms with Crippen LogP contribution in [0.3, 0.4) is 0 Å². The molecule has 0 bridgehead atoms. The normalized spacial score (nSPS) is 14.2. The number of piperazine rings is 1. The molecule has 1 fully saturated rings. The molecule has 10 nitrogen and oxygen atoms in total. The molecular formula is C21H24N6O4. The number of hydrogen-bond acceptors (Lipinski definition) is 8. The lowest BCUT2D eigenvalue weighted by Gasteiger charge is -2.38. The van der Waals surface area contributed by atoms with Crippen molar-refractivity contribution in [2.45, 2.75) is 13.8 Å². The number of ether oxygens (including phenoxy) is 1. The Kier molecular flexibility index (Phi) is 5.45. The minimum atomic E-state index is -0.406. The minimum absolute atomic E-state index is 0.0753. The van der Waals surface area contributed by atoms with Crippen LogP contribution in [0.2, 0.25) is 0 Å². The molecule has 31 heavy (non-hydrogen) atoms. The second-order valence-electron chi connectivity index (χ2n) is 7.40. The molecule has 0 radical (unpaired) electrons. The van der Waals surface area contributed by atoms with Crippen LogP contribution in [0.25, 0.3) is 11.0 Å². The molecule has 4 rings (SSSR count). The summed E-state index contributed by atoms with van der Waals surface area (Å²) < 4.78 is 6.98. The van der Waals surface area contributed by atoms with Gasteiger partial charge in [-0.25, -0.2) is 9.78 Å². The number of benzene rings is 1. The van der Waals surface area contributed by atoms with E-state index in [9.17, 15) is 14.9 Å². The molecule has 2 aromatic heterocycles. The van der Waals surface area contributed by atoms with E-state index in [1.807, 2.05) is 20.0 Å². The molecule has 0 atom stereocenters. The maximum Gasteiger partial charge on any atom is 0.341 e. The van der Waals surface area contributed by atoms with Gasteiger partial charge in [-0.2, -0.15) is 5.10 Å². The van der Waals surface area contributed by atoms with Gasteiger partial charge in [-0.15, -0.1) is 0 Å². The Morgan fingerprint density at radius 2 is 1.94 bits per heavy atom. The number of nitro groups is 1. The Labute approximate surface area is 179 Å². The SMILES string of the molecule is CCOC(=O)c1cnc2c(c(C)nn2C)c1N1CCN(c2cccc([N+](=O)[O-])c2)CC1. The van der Waals surface area contributed by atoms with Gasteiger partial charge in [0.15, 0.2) is 5.65 Å². The maximum atomic E-state index is 12.7. The van der Waals surface area contributed by atoms with E-state index in [0.717, 1.165) is 22.5 Å². The van der Waals surface area contributed by atoms with Gasteiger partial charge in [0.2, 0.25) is 0 Å². The fraction of sp³-hybridized carbons (Fsp3) is 0.381. The number of anilines is 2. The van der Waals surface area contributed by atoms with E-state index in [1.54, 1.807) is 29.9 Å². The second kappa shape index (κ2) is 8.21. The summed E-state index contributed by atoms with van der Waals surface area (Å²) in [6.45, 7) is 6.56. The summed E-state index contributed by atoms with van der Waals surface area (Å²) in [5.41, 5.74) is 3.61. The molecule has 0 aliphatic carbocycles. The molecular weight excluding hydrogens is 400 g/mol. The number of aromatic nitrogens is 3. The highest BCUT2D eigenvalue weighted by atomic mass is 16.6. The van der Waals surface area contributed by atoms with E-state index in [0.29, 0.717) is 37.4 Å². The first kappa shape index (κ1) is 20.6. The summed E-state index contributed by atoms with van der Waals surface area (Å²) in [5.74, 6) is -0.406. The van der Waals surface area contributed by atoms with Crippen LogP contribution in [0.15, 0.2) is 30.5 Å². The summed E-state index contributed by atoms with van der Waals surface area (Å²) >= 11 is 0. The predicted octanol–water partition coefficient (Wildman–Crippen LogP) is 2.69. The first-order valence-electron chi connectivity index (χ1n) is 10.1. The lowest BCUT2D eigenvalue weighted by molar-refractivity contribution is -0.384. The number of aryl methyl sites for hydroxylation is 2. The summed E-state index contributed by atoms with van der Waals surface area (Å²) in [5, 5.41) is 16.4. The van der Waals surface area contributed by atoms with Gasteiger partial charge in [-0.1, -0.05) is 6.07 Å². The first-order chi connectivity index (χ1) is 14.9. The Morgan fingerprint density at radius 3 is 2.61 bits per heavy atom. The van der Waals surface area contributed by atoms with Crippen molar-refractivity contribution in [3.8, 4) is 0 Å². The van der Waals surface area contributed by atoms with Crippen molar-refractivity contribution >= 4 is 34.1 Å². The third kappa shape index (κ3) is 3.76. The number of pyridine rings is 1. The maximum absolute atomic E-state index is 12.7. The Balaban J connectivity index is 1.67. The lowest BCUT2D eigenvalue weighted by atomic mass is 10.1. The fourth-order valence-corrected chi connectivity index (χ4v) is 4.07. The number of hydrogen-bond donors (Lipinski definition) is 0. The zero-order chi connectivity index (χ0) is 22.1. The van der Waals surface area contributed by atoms with Gasteiger partial charge < -0.3 is 14.5 Å². The van der Waals surface area contributed by atoms with Crippen molar-refractivity contribution in [1.82, 2.24) is 14.8 Å². The van der Waals surface area contributed by atoms with E-state index in [2.05, 4.69) is 19.9 Å². The quantitative estimate of drug-likeness (QED) is 0.350. The molecule has 162 valence electrons. The molecule has 0 unspecified atom stereocenters. The van der Waals surface area contributed by atoms with Gasteiger partial charge in [-0.05, 0) is 19.9 Å². The van der Waals surface area contributed by atoms with Crippen LogP contribution in [0.1, 0.15) is 23.0 Å². The van der Waals surface area contributed by atoms with Crippen LogP contribution in [0, 0.1) is 17.0 Å². The summed E-state index contributed by atoms with van der Waals surface area (Å²) in [4.78, 5) is 32.1. The molecule has 1 aliphatic rings. The first-order valence-corrected chi connectivity index (χ1v) is 10.1. The van der Waals surface area contributed by atoms with Gasteiger partial charge in [0.1, 0.15) is 5.56 Å². The van der Waals surface area contributed by atoms with Gasteiger partial charge >= 0.3 is 5.97 Å². The van der Waals surface area contributed by atoms with Crippen LogP contribution >= 0.6 is 0 Å². The number of nitro benzene ring substituents is 1. The molecule has 0 spiro atoms. The van der Waals surface area contributed by atoms with Gasteiger partial charge in [0, 0.05) is 57.2 Å². The largest absolute Gasteiger partial charge is 0.462 e. The van der Waals surface area contributed by atoms with Gasteiger partial charge in [0.05, 0.1) is 28.3 Å². The zero-order valence-electron chi connectivity index (χ0n) is 17.7. The van der Waals surface area contributed by atoms with E-state index in [4.69, 9.17) is 4.74 Å². The number of non-ortho nitro benzene ring substituents is 1. The Bertz CT molecular complexity index is 1150. The molecule has 1 saturated heterocycles. The molecule has 0 saturated carbocycles. The van der Waals surface area contributed by atoms with Crippen LogP contribution < -0.4 is 9.80 Å². The van der Waals surface area contributed by atoms with Crippen LogP contribution in [-0.4, -0.2) is 58.4 Å². The predicted molar refractivity (Wildman–Crippen MR) is 117 cm³/mol. The van der Waals surface area contributed by atoms with Crippen molar-refractivity contribution in [2.75, 3.05) is 42.6 Å². The lowest BCUT2D eigenvalue weighted by Crippen LogP contribution is -2.47. The molecule has 0 amide bonds. The average Bonchev–Trinajstić information content (AvgIpc) is 3.07. The molecule has 1 aliphatic heterocycles. The van der Waals surface area contributed by atoms with Crippen molar-refractivity contribution in [3.63, 3.8) is 0 Å². The minimum Gasteiger partial charge on any atom is -0.462 e. The van der Waals surface area contributed by atoms with Crippen molar-refractivity contribution in [1.29, 1.82) is 0 Å². The van der Waals surface area contributed by atoms with E-state index >= 15 is 0 Å². The highest BCUT2D eigenvalue weighted by Gasteiger charge is 2.27. The highest BCUT2D eigenvalue weighted by molar-refractivity contribution is 6.05. The third-order valence-electron chi connectivity index (χ3n) is 5.50. The summed E-state index contributed by atoms with van der Waals surface area (Å²) in [6.07, 6.45) is 1.56. The van der Waals surface area contributed by atoms with Gasteiger partial charge in [0.25, 0.3) is 5.69 Å². The third-order valence-corrected chi connectivity index (χ3v) is 5.50. The number of nitrogens with zero attached hydrogens (tertiary/aromatic N) is 6. The van der Waals surface area contributed by atoms with Crippen molar-refractivity contribution < 1.29 is 14.5 Å². The number of fused-ring (bicyclic) bond motifs is 1. The van der Waals surface area contributed by atoms with Crippen molar-refractivity contribution in [3.05, 3.63) is 51.8 Å². The number of rotatable bonds is 5. The standard InChI is InChI=1S/C21H24N6O4/c1-4-31-21(28)17-13-22-20-18(14(2)23-24(20)3)19(17)26-10-8-25(9-11-26)15-6-5-7-16(12-15)27(29)30/h5-7,12-13H,4,8-11H2,1-3H3. The highest BCUT2D eigenvalue weighted by Crippen LogP contribution is 2.33. The van der Waals surface area contributed by atoms with Gasteiger partial charge in [-0.3, -0.25) is 14.8 Å². The molecule has 3 heterocycles. The van der Waals surface area contributed by atoms with E-state index < -0.39 is 5.97 Å². The Morgan fingerprint density at radius 1 is 1.23 bits per heavy atom. The molecule has 10 heteroatoms. The monoisotopic (exact) mass is 424 g/mol. The second-order valence-corrected chi connectivity index (χ2v) is 7.40. The number of carbonyl (C=O) groups is 1. The van der Waals surface area contributed by atoms with Crippen LogP contribution in [0.4, 0.5) is 17.1 Å². The summed E-state index contributed by atoms with van der Waals surface area (Å²) in [6, 6.07) is 6.66. The Hall–Kier alpha value is -3.69. The number of esters is 1. The zero-order valence-corrected chi connectivity index (χ0v) is 17.7. The average molecular weight is 424 g/mol. The summed E-state index contributed by atoms with van der Waals surface area (Å²) in [7, 11) is 1.83. The fourth-order valence-electron chi connectivity index (χ4n) is 4.07. The number of carbonyl (C=O) groups excluding carboxylic acids is 1. The molecule has 0 N–H and O–H groups in total. The van der Waals surface area contributed by atoms with E-state index in [1.165, 1.54) is 6.07 Å². The molecule has 1 aromatic carbocycles. The molecule has 3 aromatic rings. The smallest absolute Gasteiger partial charge is 0.341 e. The topological polar surface area (TPSA) is 107 Å². The van der Waals surface area contributed by atoms with Crippen LogP contribution in [-0.2, 0) is 11.8 Å².